The minimum Gasteiger partial charge on any atom is -0.348 e. The second-order valence-corrected chi connectivity index (χ2v) is 5.60. The molecule has 0 saturated carbocycles. The number of alkyl halides is 3. The highest BCUT2D eigenvalue weighted by atomic mass is 127. The Morgan fingerprint density at radius 2 is 2.16 bits per heavy atom. The maximum absolute atomic E-state index is 12.9. The van der Waals surface area contributed by atoms with Crippen LogP contribution in [0.2, 0.25) is 0 Å². The maximum Gasteiger partial charge on any atom is 0.417 e. The minimum atomic E-state index is -4.53. The second kappa shape index (κ2) is 5.66. The average Bonchev–Trinajstić information content (AvgIpc) is 2.80. The van der Waals surface area contributed by atoms with Crippen molar-refractivity contribution in [2.45, 2.75) is 18.6 Å². The van der Waals surface area contributed by atoms with E-state index in [2.05, 4.69) is 10.6 Å². The van der Waals surface area contributed by atoms with Gasteiger partial charge in [-0.05, 0) is 53.8 Å². The highest BCUT2D eigenvalue weighted by Crippen LogP contribution is 2.33. The van der Waals surface area contributed by atoms with Crippen molar-refractivity contribution in [3.05, 3.63) is 32.9 Å². The molecule has 1 unspecified atom stereocenters. The number of carbonyl (C=O) groups excluding carboxylic acids is 1. The van der Waals surface area contributed by atoms with E-state index in [0.29, 0.717) is 10.1 Å². The number of hydrogen-bond donors (Lipinski definition) is 2. The molecule has 7 heteroatoms. The van der Waals surface area contributed by atoms with Gasteiger partial charge in [0.1, 0.15) is 0 Å². The zero-order chi connectivity index (χ0) is 14.0. The molecular weight excluding hydrogens is 372 g/mol. The van der Waals surface area contributed by atoms with Gasteiger partial charge < -0.3 is 10.6 Å². The fourth-order valence-corrected chi connectivity index (χ4v) is 2.48. The average molecular weight is 384 g/mol. The molecule has 1 fully saturated rings. The molecular formula is C12H12F3IN2O. The maximum atomic E-state index is 12.9. The summed E-state index contributed by atoms with van der Waals surface area (Å²) >= 11 is 1.79. The molecule has 1 saturated heterocycles. The third-order valence-electron chi connectivity index (χ3n) is 2.93. The van der Waals surface area contributed by atoms with Gasteiger partial charge >= 0.3 is 6.18 Å². The number of hydrogen-bond acceptors (Lipinski definition) is 2. The van der Waals surface area contributed by atoms with Gasteiger partial charge in [0.15, 0.2) is 0 Å². The molecule has 2 rings (SSSR count). The molecule has 0 aliphatic carbocycles. The van der Waals surface area contributed by atoms with Crippen LogP contribution in [-0.2, 0) is 6.18 Å². The molecule has 3 nitrogen and oxygen atoms in total. The molecule has 0 radical (unpaired) electrons. The minimum absolute atomic E-state index is 0.104. The largest absolute Gasteiger partial charge is 0.417 e. The first-order valence-corrected chi connectivity index (χ1v) is 6.84. The van der Waals surface area contributed by atoms with Gasteiger partial charge in [-0.25, -0.2) is 0 Å². The molecule has 0 spiro atoms. The van der Waals surface area contributed by atoms with E-state index in [1.165, 1.54) is 12.1 Å². The second-order valence-electron chi connectivity index (χ2n) is 4.35. The molecule has 2 N–H and O–H groups in total. The van der Waals surface area contributed by atoms with Crippen LogP contribution in [0.5, 0.6) is 0 Å². The summed E-state index contributed by atoms with van der Waals surface area (Å²) in [5.74, 6) is -0.669. The fourth-order valence-electron chi connectivity index (χ4n) is 1.99. The lowest BCUT2D eigenvalue weighted by Crippen LogP contribution is -2.37. The van der Waals surface area contributed by atoms with Crippen molar-refractivity contribution in [1.29, 1.82) is 0 Å². The van der Waals surface area contributed by atoms with Crippen LogP contribution in [0.15, 0.2) is 18.2 Å². The Hall–Kier alpha value is -0.830. The summed E-state index contributed by atoms with van der Waals surface area (Å²) < 4.78 is 39.2. The summed E-state index contributed by atoms with van der Waals surface area (Å²) in [6.07, 6.45) is -3.79. The van der Waals surface area contributed by atoms with Gasteiger partial charge in [-0.3, -0.25) is 4.79 Å². The lowest BCUT2D eigenvalue weighted by molar-refractivity contribution is -0.138. The fraction of sp³-hybridized carbons (Fsp3) is 0.417. The van der Waals surface area contributed by atoms with Gasteiger partial charge in [0.25, 0.3) is 5.91 Å². The number of nitrogens with one attached hydrogen (secondary N) is 2. The van der Waals surface area contributed by atoms with Crippen LogP contribution < -0.4 is 10.6 Å². The van der Waals surface area contributed by atoms with Crippen LogP contribution >= 0.6 is 22.6 Å². The van der Waals surface area contributed by atoms with Crippen molar-refractivity contribution >= 4 is 28.5 Å². The smallest absolute Gasteiger partial charge is 0.348 e. The van der Waals surface area contributed by atoms with E-state index in [9.17, 15) is 18.0 Å². The summed E-state index contributed by atoms with van der Waals surface area (Å²) in [7, 11) is 0. The van der Waals surface area contributed by atoms with E-state index in [4.69, 9.17) is 0 Å². The third-order valence-corrected chi connectivity index (χ3v) is 3.60. The molecule has 1 aromatic rings. The monoisotopic (exact) mass is 384 g/mol. The van der Waals surface area contributed by atoms with Gasteiger partial charge in [-0.1, -0.05) is 0 Å². The number of rotatable bonds is 2. The molecule has 0 bridgehead atoms. The Balaban J connectivity index is 2.25. The Morgan fingerprint density at radius 1 is 1.42 bits per heavy atom. The van der Waals surface area contributed by atoms with Crippen LogP contribution in [0, 0.1) is 3.57 Å². The van der Waals surface area contributed by atoms with Gasteiger partial charge in [-0.2, -0.15) is 13.2 Å². The SMILES string of the molecule is O=C(NC1CCNC1)c1ccc(I)cc1C(F)(F)F. The molecule has 0 aromatic heterocycles. The van der Waals surface area contributed by atoms with Crippen LogP contribution in [-0.4, -0.2) is 25.0 Å². The van der Waals surface area contributed by atoms with E-state index < -0.39 is 17.6 Å². The standard InChI is InChI=1S/C12H12F3IN2O/c13-12(14,15)10-5-7(16)1-2-9(10)11(19)18-8-3-4-17-6-8/h1-2,5,8,17H,3-4,6H2,(H,18,19). The predicted molar refractivity (Wildman–Crippen MR) is 72.9 cm³/mol. The van der Waals surface area contributed by atoms with E-state index in [1.807, 2.05) is 0 Å². The van der Waals surface area contributed by atoms with Crippen molar-refractivity contribution in [3.8, 4) is 0 Å². The molecule has 1 atom stereocenters. The highest BCUT2D eigenvalue weighted by Gasteiger charge is 2.35. The molecule has 19 heavy (non-hydrogen) atoms. The first-order chi connectivity index (χ1) is 8.88. The van der Waals surface area contributed by atoms with Crippen LogP contribution in [0.3, 0.4) is 0 Å². The number of amides is 1. The lowest BCUT2D eigenvalue weighted by Gasteiger charge is -2.16. The molecule has 1 aromatic carbocycles. The van der Waals surface area contributed by atoms with E-state index in [1.54, 1.807) is 22.6 Å². The number of carbonyl (C=O) groups is 1. The molecule has 1 aliphatic rings. The third kappa shape index (κ3) is 3.59. The van der Waals surface area contributed by atoms with E-state index >= 15 is 0 Å². The number of benzene rings is 1. The van der Waals surface area contributed by atoms with Crippen LogP contribution in [0.25, 0.3) is 0 Å². The van der Waals surface area contributed by atoms with Crippen LogP contribution in [0.4, 0.5) is 13.2 Å². The topological polar surface area (TPSA) is 41.1 Å². The highest BCUT2D eigenvalue weighted by molar-refractivity contribution is 14.1. The normalized spacial score (nSPS) is 19.5. The summed E-state index contributed by atoms with van der Waals surface area (Å²) in [6.45, 7) is 1.36. The summed E-state index contributed by atoms with van der Waals surface area (Å²) in [5.41, 5.74) is -1.21. The Kier molecular flexibility index (Phi) is 4.34. The van der Waals surface area contributed by atoms with Gasteiger partial charge in [-0.15, -0.1) is 0 Å². The van der Waals surface area contributed by atoms with Crippen molar-refractivity contribution in [2.24, 2.45) is 0 Å². The summed E-state index contributed by atoms with van der Waals surface area (Å²) in [6, 6.07) is 3.61. The first-order valence-electron chi connectivity index (χ1n) is 5.76. The Bertz CT molecular complexity index is 484. The van der Waals surface area contributed by atoms with Crippen molar-refractivity contribution in [1.82, 2.24) is 10.6 Å². The van der Waals surface area contributed by atoms with Crippen molar-refractivity contribution in [2.75, 3.05) is 13.1 Å². The summed E-state index contributed by atoms with van der Waals surface area (Å²) in [5, 5.41) is 5.67. The quantitative estimate of drug-likeness (QED) is 0.770. The number of halogens is 4. The molecule has 1 aliphatic heterocycles. The van der Waals surface area contributed by atoms with E-state index in [-0.39, 0.29) is 11.6 Å². The first kappa shape index (κ1) is 14.6. The zero-order valence-electron chi connectivity index (χ0n) is 9.85. The van der Waals surface area contributed by atoms with Crippen LogP contribution in [0.1, 0.15) is 22.3 Å². The van der Waals surface area contributed by atoms with Gasteiger partial charge in [0, 0.05) is 16.2 Å². The molecule has 1 amide bonds. The van der Waals surface area contributed by atoms with Gasteiger partial charge in [0.05, 0.1) is 11.1 Å². The van der Waals surface area contributed by atoms with Crippen molar-refractivity contribution in [3.63, 3.8) is 0 Å². The molecule has 104 valence electrons. The molecule has 1 heterocycles. The Labute approximate surface area is 122 Å². The Morgan fingerprint density at radius 3 is 2.74 bits per heavy atom. The lowest BCUT2D eigenvalue weighted by atomic mass is 10.1. The summed E-state index contributed by atoms with van der Waals surface area (Å²) in [4.78, 5) is 11.9. The zero-order valence-corrected chi connectivity index (χ0v) is 12.0. The van der Waals surface area contributed by atoms with E-state index in [0.717, 1.165) is 19.0 Å². The van der Waals surface area contributed by atoms with Gasteiger partial charge in [0.2, 0.25) is 0 Å². The van der Waals surface area contributed by atoms with Crippen molar-refractivity contribution < 1.29 is 18.0 Å². The predicted octanol–water partition coefficient (Wildman–Crippen LogP) is 2.40.